The van der Waals surface area contributed by atoms with Gasteiger partial charge in [-0.05, 0) is 133 Å². The van der Waals surface area contributed by atoms with Crippen LogP contribution in [0, 0.1) is 6.92 Å². The Morgan fingerprint density at radius 3 is 1.53 bits per heavy atom. The number of nitrogens with zero attached hydrogens (tertiary/aromatic N) is 2. The SMILES string of the molecule is Cc1ccc(-c2cc(-c3ccc(-n4c5ccccc5c5ccc(N(c6ccccc6)c6ccccc6)cc54)cc3)c3ccc4cc(C(C)(C)C)cc5ccc2c3c54)cc1. The van der Waals surface area contributed by atoms with Crippen molar-refractivity contribution in [3.05, 3.63) is 205 Å². The maximum Gasteiger partial charge on any atom is 0.0561 e. The average Bonchev–Trinajstić information content (AvgIpc) is 3.60. The van der Waals surface area contributed by atoms with Crippen LogP contribution < -0.4 is 4.90 Å². The fraction of sp³-hybridized carbons (Fsp3) is 0.0877. The fourth-order valence-corrected chi connectivity index (χ4v) is 9.33. The molecule has 0 atom stereocenters. The number of hydrogen-bond donors (Lipinski definition) is 0. The first-order chi connectivity index (χ1) is 28.8. The largest absolute Gasteiger partial charge is 0.310 e. The first-order valence-corrected chi connectivity index (χ1v) is 20.7. The van der Waals surface area contributed by atoms with Gasteiger partial charge in [0.1, 0.15) is 0 Å². The van der Waals surface area contributed by atoms with Crippen LogP contribution in [0.4, 0.5) is 17.1 Å². The Kier molecular flexibility index (Phi) is 8.00. The van der Waals surface area contributed by atoms with Crippen molar-refractivity contribution in [1.82, 2.24) is 4.57 Å². The molecular formula is C57H44N2. The van der Waals surface area contributed by atoms with Crippen LogP contribution >= 0.6 is 0 Å². The zero-order valence-corrected chi connectivity index (χ0v) is 33.9. The van der Waals surface area contributed by atoms with Crippen LogP contribution in [0.2, 0.25) is 0 Å². The maximum atomic E-state index is 2.43. The van der Waals surface area contributed by atoms with Gasteiger partial charge in [0.15, 0.2) is 0 Å². The Hall–Kier alpha value is -7.16. The zero-order chi connectivity index (χ0) is 39.8. The molecule has 1 heterocycles. The van der Waals surface area contributed by atoms with E-state index in [2.05, 4.69) is 231 Å². The topological polar surface area (TPSA) is 8.17 Å². The van der Waals surface area contributed by atoms with Gasteiger partial charge in [0.05, 0.1) is 11.0 Å². The summed E-state index contributed by atoms with van der Waals surface area (Å²) in [5, 5.41) is 10.4. The van der Waals surface area contributed by atoms with Crippen LogP contribution in [0.25, 0.3) is 82.1 Å². The van der Waals surface area contributed by atoms with Crippen molar-refractivity contribution in [2.75, 3.05) is 4.90 Å². The number of aromatic nitrogens is 1. The van der Waals surface area contributed by atoms with Gasteiger partial charge < -0.3 is 9.47 Å². The number of aryl methyl sites for hydroxylation is 1. The van der Waals surface area contributed by atoms with E-state index in [1.807, 2.05) is 0 Å². The first kappa shape index (κ1) is 35.0. The van der Waals surface area contributed by atoms with Crippen LogP contribution in [0.15, 0.2) is 194 Å². The van der Waals surface area contributed by atoms with Crippen molar-refractivity contribution in [3.63, 3.8) is 0 Å². The summed E-state index contributed by atoms with van der Waals surface area (Å²) < 4.78 is 2.43. The van der Waals surface area contributed by atoms with Gasteiger partial charge in [0.2, 0.25) is 0 Å². The molecule has 0 saturated heterocycles. The molecule has 0 bridgehead atoms. The van der Waals surface area contributed by atoms with Crippen molar-refractivity contribution in [1.29, 1.82) is 0 Å². The molecule has 10 aromatic carbocycles. The lowest BCUT2D eigenvalue weighted by atomic mass is 9.81. The third-order valence-corrected chi connectivity index (χ3v) is 12.3. The van der Waals surface area contributed by atoms with Gasteiger partial charge in [-0.25, -0.2) is 0 Å². The number of para-hydroxylation sites is 3. The molecule has 2 nitrogen and oxygen atoms in total. The summed E-state index contributed by atoms with van der Waals surface area (Å²) in [4.78, 5) is 2.34. The van der Waals surface area contributed by atoms with Crippen LogP contribution in [-0.4, -0.2) is 4.57 Å². The van der Waals surface area contributed by atoms with Gasteiger partial charge in [-0.15, -0.1) is 0 Å². The highest BCUT2D eigenvalue weighted by Crippen LogP contribution is 2.46. The molecule has 0 aliphatic carbocycles. The van der Waals surface area contributed by atoms with E-state index < -0.39 is 0 Å². The number of anilines is 3. The second kappa shape index (κ2) is 13.5. The minimum Gasteiger partial charge on any atom is -0.310 e. The van der Waals surface area contributed by atoms with E-state index in [0.717, 1.165) is 22.7 Å². The molecule has 11 rings (SSSR count). The standard InChI is InChI=1S/C57H44N2/c1-37-19-21-38(22-20-37)51-36-52(50-31-26-41-34-42(57(2,3)4)33-40-25-30-49(51)56(50)55(40)41)39-23-27-45(28-24-39)59-53-18-12-11-17-47(53)48-32-29-46(35-54(48)59)58(43-13-7-5-8-14-43)44-15-9-6-10-16-44/h5-36H,1-4H3. The molecule has 0 saturated carbocycles. The van der Waals surface area contributed by atoms with Crippen molar-refractivity contribution in [2.45, 2.75) is 33.1 Å². The highest BCUT2D eigenvalue weighted by Gasteiger charge is 2.21. The first-order valence-electron chi connectivity index (χ1n) is 20.7. The molecule has 0 aliphatic rings. The number of fused-ring (bicyclic) bond motifs is 3. The smallest absolute Gasteiger partial charge is 0.0561 e. The van der Waals surface area contributed by atoms with Crippen LogP contribution in [0.5, 0.6) is 0 Å². The molecule has 0 radical (unpaired) electrons. The Morgan fingerprint density at radius 1 is 0.407 bits per heavy atom. The molecule has 0 unspecified atom stereocenters. The monoisotopic (exact) mass is 756 g/mol. The number of hydrogen-bond acceptors (Lipinski definition) is 1. The Balaban J connectivity index is 1.10. The van der Waals surface area contributed by atoms with Crippen molar-refractivity contribution in [2.24, 2.45) is 0 Å². The van der Waals surface area contributed by atoms with Gasteiger partial charge in [-0.3, -0.25) is 0 Å². The zero-order valence-electron chi connectivity index (χ0n) is 33.9. The lowest BCUT2D eigenvalue weighted by Gasteiger charge is -2.25. The lowest BCUT2D eigenvalue weighted by Crippen LogP contribution is -2.10. The summed E-state index contributed by atoms with van der Waals surface area (Å²) in [5.41, 5.74) is 14.5. The maximum absolute atomic E-state index is 2.43. The predicted molar refractivity (Wildman–Crippen MR) is 253 cm³/mol. The van der Waals surface area contributed by atoms with E-state index in [0.29, 0.717) is 0 Å². The van der Waals surface area contributed by atoms with Gasteiger partial charge >= 0.3 is 0 Å². The summed E-state index contributed by atoms with van der Waals surface area (Å²) in [7, 11) is 0. The molecule has 0 aliphatic heterocycles. The molecule has 0 amide bonds. The highest BCUT2D eigenvalue weighted by molar-refractivity contribution is 6.28. The molecule has 2 heteroatoms. The molecule has 59 heavy (non-hydrogen) atoms. The van der Waals surface area contributed by atoms with E-state index in [-0.39, 0.29) is 5.41 Å². The fourth-order valence-electron chi connectivity index (χ4n) is 9.33. The summed E-state index contributed by atoms with van der Waals surface area (Å²) in [6.45, 7) is 9.08. The minimum absolute atomic E-state index is 0.0610. The quantitative estimate of drug-likeness (QED) is 0.153. The van der Waals surface area contributed by atoms with E-state index in [1.54, 1.807) is 0 Å². The van der Waals surface area contributed by atoms with Crippen LogP contribution in [-0.2, 0) is 5.41 Å². The molecule has 1 aromatic heterocycles. The van der Waals surface area contributed by atoms with Gasteiger partial charge in [-0.1, -0.05) is 160 Å². The summed E-state index contributed by atoms with van der Waals surface area (Å²) in [6.07, 6.45) is 0. The normalized spacial score (nSPS) is 12.1. The second-order valence-electron chi connectivity index (χ2n) is 17.1. The predicted octanol–water partition coefficient (Wildman–Crippen LogP) is 16.1. The van der Waals surface area contributed by atoms with Crippen molar-refractivity contribution >= 4 is 71.2 Å². The summed E-state index contributed by atoms with van der Waals surface area (Å²) >= 11 is 0. The van der Waals surface area contributed by atoms with Crippen LogP contribution in [0.1, 0.15) is 31.9 Å². The highest BCUT2D eigenvalue weighted by atomic mass is 15.1. The second-order valence-corrected chi connectivity index (χ2v) is 17.1. The Morgan fingerprint density at radius 2 is 0.932 bits per heavy atom. The molecule has 0 spiro atoms. The van der Waals surface area contributed by atoms with Crippen molar-refractivity contribution < 1.29 is 0 Å². The van der Waals surface area contributed by atoms with Gasteiger partial charge in [0, 0.05) is 33.5 Å². The molecule has 282 valence electrons. The van der Waals surface area contributed by atoms with E-state index in [4.69, 9.17) is 0 Å². The van der Waals surface area contributed by atoms with Gasteiger partial charge in [-0.2, -0.15) is 0 Å². The van der Waals surface area contributed by atoms with Gasteiger partial charge in [0.25, 0.3) is 0 Å². The molecule has 0 fully saturated rings. The summed E-state index contributed by atoms with van der Waals surface area (Å²) in [6, 6.07) is 71.9. The third kappa shape index (κ3) is 5.78. The lowest BCUT2D eigenvalue weighted by molar-refractivity contribution is 0.591. The van der Waals surface area contributed by atoms with E-state index in [1.165, 1.54) is 87.5 Å². The van der Waals surface area contributed by atoms with Crippen LogP contribution in [0.3, 0.4) is 0 Å². The molecule has 11 aromatic rings. The summed E-state index contributed by atoms with van der Waals surface area (Å²) in [5.74, 6) is 0. The van der Waals surface area contributed by atoms with Crippen molar-refractivity contribution in [3.8, 4) is 27.9 Å². The Bertz CT molecular complexity index is 3270. The van der Waals surface area contributed by atoms with E-state index >= 15 is 0 Å². The average molecular weight is 757 g/mol. The molecule has 0 N–H and O–H groups in total. The molecular weight excluding hydrogens is 713 g/mol. The van der Waals surface area contributed by atoms with E-state index in [9.17, 15) is 0 Å². The third-order valence-electron chi connectivity index (χ3n) is 12.3. The minimum atomic E-state index is 0.0610. The Labute approximate surface area is 345 Å². The number of benzene rings is 10. The number of rotatable bonds is 6.